The predicted octanol–water partition coefficient (Wildman–Crippen LogP) is 3.76. The maximum Gasteiger partial charge on any atom is 0.324 e. The molecule has 0 aliphatic heterocycles. The Hall–Kier alpha value is -3.26. The number of carbonyl (C=O) groups is 1. The maximum absolute atomic E-state index is 12.1. The van der Waals surface area contributed by atoms with Gasteiger partial charge in [0, 0.05) is 11.8 Å². The Morgan fingerprint density at radius 2 is 1.96 bits per heavy atom. The van der Waals surface area contributed by atoms with Crippen LogP contribution in [0.1, 0.15) is 11.8 Å². The molecule has 1 aromatic heterocycles. The van der Waals surface area contributed by atoms with Crippen molar-refractivity contribution in [3.05, 3.63) is 69.6 Å². The minimum absolute atomic E-state index is 0.0316. The molecule has 1 unspecified atom stereocenters. The number of nitrogens with one attached hydrogen (secondary N) is 2. The first-order valence-corrected chi connectivity index (χ1v) is 8.67. The third kappa shape index (κ3) is 4.22. The number of benzene rings is 2. The highest BCUT2D eigenvalue weighted by Gasteiger charge is 2.12. The molecule has 0 saturated carbocycles. The molecule has 0 radical (unpaired) electrons. The molecule has 0 saturated heterocycles. The van der Waals surface area contributed by atoms with E-state index in [1.54, 1.807) is 13.0 Å². The van der Waals surface area contributed by atoms with E-state index in [1.807, 2.05) is 42.5 Å². The van der Waals surface area contributed by atoms with Crippen LogP contribution in [0.15, 0.2) is 59.7 Å². The molecule has 0 bridgehead atoms. The van der Waals surface area contributed by atoms with Crippen molar-refractivity contribution in [1.29, 1.82) is 0 Å². The van der Waals surface area contributed by atoms with Crippen LogP contribution in [0, 0.1) is 10.1 Å². The van der Waals surface area contributed by atoms with Gasteiger partial charge in [-0.15, -0.1) is 0 Å². The minimum Gasteiger partial charge on any atom is -0.374 e. The van der Waals surface area contributed by atoms with Crippen LogP contribution in [0.2, 0.25) is 0 Å². The fraction of sp³-hybridized carbons (Fsp3) is 0.111. The van der Waals surface area contributed by atoms with Gasteiger partial charge in [0.25, 0.3) is 5.91 Å². The van der Waals surface area contributed by atoms with Crippen molar-refractivity contribution in [2.24, 2.45) is 5.10 Å². The van der Waals surface area contributed by atoms with E-state index in [1.165, 1.54) is 12.3 Å². The molecule has 3 aromatic rings. The zero-order chi connectivity index (χ0) is 18.5. The van der Waals surface area contributed by atoms with Crippen molar-refractivity contribution in [3.63, 3.8) is 0 Å². The van der Waals surface area contributed by atoms with Gasteiger partial charge in [-0.3, -0.25) is 14.9 Å². The Bertz CT molecular complexity index is 983. The van der Waals surface area contributed by atoms with Gasteiger partial charge in [-0.05, 0) is 35.9 Å². The summed E-state index contributed by atoms with van der Waals surface area (Å²) in [6, 6.07) is 16.3. The van der Waals surface area contributed by atoms with Crippen molar-refractivity contribution >= 4 is 44.9 Å². The Kier molecular flexibility index (Phi) is 5.23. The van der Waals surface area contributed by atoms with E-state index in [-0.39, 0.29) is 10.9 Å². The first kappa shape index (κ1) is 17.6. The van der Waals surface area contributed by atoms with E-state index in [0.717, 1.165) is 27.8 Å². The second kappa shape index (κ2) is 7.75. The topological polar surface area (TPSA) is 96.6 Å². The SMILES string of the molecule is CC(Nc1ccc2ccccc2c1)C(=O)NN=Cc1ccc([N+](=O)[O-])s1. The van der Waals surface area contributed by atoms with Crippen LogP contribution in [0.3, 0.4) is 0 Å². The van der Waals surface area contributed by atoms with Crippen LogP contribution in [0.25, 0.3) is 10.8 Å². The van der Waals surface area contributed by atoms with E-state index in [4.69, 9.17) is 0 Å². The normalized spacial score (nSPS) is 12.2. The van der Waals surface area contributed by atoms with Gasteiger partial charge < -0.3 is 5.32 Å². The molecule has 1 amide bonds. The molecule has 1 atom stereocenters. The summed E-state index contributed by atoms with van der Waals surface area (Å²) >= 11 is 0.989. The Morgan fingerprint density at radius 3 is 2.69 bits per heavy atom. The summed E-state index contributed by atoms with van der Waals surface area (Å²) in [5, 5.41) is 19.9. The quantitative estimate of drug-likeness (QED) is 0.393. The van der Waals surface area contributed by atoms with Crippen LogP contribution in [-0.4, -0.2) is 23.1 Å². The largest absolute Gasteiger partial charge is 0.374 e. The second-order valence-electron chi connectivity index (χ2n) is 5.60. The monoisotopic (exact) mass is 368 g/mol. The van der Waals surface area contributed by atoms with Gasteiger partial charge in [0.2, 0.25) is 0 Å². The summed E-state index contributed by atoms with van der Waals surface area (Å²) in [7, 11) is 0. The summed E-state index contributed by atoms with van der Waals surface area (Å²) in [6.45, 7) is 1.73. The molecule has 0 aliphatic carbocycles. The number of nitro groups is 1. The third-order valence-corrected chi connectivity index (χ3v) is 4.66. The van der Waals surface area contributed by atoms with Crippen molar-refractivity contribution in [2.45, 2.75) is 13.0 Å². The van der Waals surface area contributed by atoms with E-state index in [9.17, 15) is 14.9 Å². The Morgan fingerprint density at radius 1 is 1.19 bits per heavy atom. The average Bonchev–Trinajstić information content (AvgIpc) is 3.10. The molecule has 0 fully saturated rings. The van der Waals surface area contributed by atoms with Gasteiger partial charge in [0.1, 0.15) is 6.04 Å². The number of hydrazone groups is 1. The number of anilines is 1. The zero-order valence-corrected chi connectivity index (χ0v) is 14.7. The molecule has 2 aromatic carbocycles. The number of carbonyl (C=O) groups excluding carboxylic acids is 1. The van der Waals surface area contributed by atoms with Crippen LogP contribution in [-0.2, 0) is 4.79 Å². The molecule has 8 heteroatoms. The summed E-state index contributed by atoms with van der Waals surface area (Å²) in [5.74, 6) is -0.305. The predicted molar refractivity (Wildman–Crippen MR) is 104 cm³/mol. The molecular formula is C18H16N4O3S. The molecular weight excluding hydrogens is 352 g/mol. The highest BCUT2D eigenvalue weighted by atomic mass is 32.1. The minimum atomic E-state index is -0.494. The number of nitrogens with zero attached hydrogens (tertiary/aromatic N) is 2. The van der Waals surface area contributed by atoms with Crippen LogP contribution in [0.4, 0.5) is 10.7 Å². The van der Waals surface area contributed by atoms with Gasteiger partial charge in [-0.25, -0.2) is 5.43 Å². The summed E-state index contributed by atoms with van der Waals surface area (Å²) in [4.78, 5) is 22.9. The number of thiophene rings is 1. The lowest BCUT2D eigenvalue weighted by Gasteiger charge is -2.14. The molecule has 132 valence electrons. The summed E-state index contributed by atoms with van der Waals surface area (Å²) < 4.78 is 0. The van der Waals surface area contributed by atoms with Crippen LogP contribution < -0.4 is 10.7 Å². The standard InChI is InChI=1S/C18H16N4O3S/c1-12(20-15-7-6-13-4-2-3-5-14(13)10-15)18(23)21-19-11-16-8-9-17(26-16)22(24)25/h2-12,20H,1H3,(H,21,23). The fourth-order valence-electron chi connectivity index (χ4n) is 2.36. The van der Waals surface area contributed by atoms with E-state index >= 15 is 0 Å². The molecule has 0 aliphatic rings. The molecule has 3 rings (SSSR count). The van der Waals surface area contributed by atoms with E-state index in [2.05, 4.69) is 15.8 Å². The van der Waals surface area contributed by atoms with Gasteiger partial charge in [0.05, 0.1) is 16.0 Å². The zero-order valence-electron chi connectivity index (χ0n) is 13.9. The van der Waals surface area contributed by atoms with Crippen molar-refractivity contribution in [3.8, 4) is 0 Å². The Labute approximate surface area is 153 Å². The number of amides is 1. The molecule has 1 heterocycles. The second-order valence-corrected chi connectivity index (χ2v) is 6.69. The lowest BCUT2D eigenvalue weighted by atomic mass is 10.1. The maximum atomic E-state index is 12.1. The number of hydrogen-bond donors (Lipinski definition) is 2. The lowest BCUT2D eigenvalue weighted by Crippen LogP contribution is -2.34. The smallest absolute Gasteiger partial charge is 0.324 e. The third-order valence-electron chi connectivity index (χ3n) is 3.68. The Balaban J connectivity index is 1.58. The highest BCUT2D eigenvalue weighted by molar-refractivity contribution is 7.16. The van der Waals surface area contributed by atoms with Gasteiger partial charge in [-0.2, -0.15) is 5.10 Å². The van der Waals surface area contributed by atoms with Crippen molar-refractivity contribution < 1.29 is 9.72 Å². The number of hydrogen-bond acceptors (Lipinski definition) is 6. The van der Waals surface area contributed by atoms with Crippen molar-refractivity contribution in [1.82, 2.24) is 5.43 Å². The van der Waals surface area contributed by atoms with Crippen LogP contribution in [0.5, 0.6) is 0 Å². The summed E-state index contributed by atoms with van der Waals surface area (Å²) in [5.41, 5.74) is 3.27. The summed E-state index contributed by atoms with van der Waals surface area (Å²) in [6.07, 6.45) is 1.39. The first-order valence-electron chi connectivity index (χ1n) is 7.85. The molecule has 0 spiro atoms. The average molecular weight is 368 g/mol. The first-order chi connectivity index (χ1) is 12.5. The van der Waals surface area contributed by atoms with E-state index < -0.39 is 11.0 Å². The molecule has 2 N–H and O–H groups in total. The fourth-order valence-corrected chi connectivity index (χ4v) is 3.05. The molecule has 7 nitrogen and oxygen atoms in total. The molecule has 26 heavy (non-hydrogen) atoms. The number of fused-ring (bicyclic) bond motifs is 1. The van der Waals surface area contributed by atoms with Crippen LogP contribution >= 0.6 is 11.3 Å². The highest BCUT2D eigenvalue weighted by Crippen LogP contribution is 2.22. The van der Waals surface area contributed by atoms with Gasteiger partial charge >= 0.3 is 5.00 Å². The van der Waals surface area contributed by atoms with Gasteiger partial charge in [-0.1, -0.05) is 41.7 Å². The lowest BCUT2D eigenvalue weighted by molar-refractivity contribution is -0.380. The number of rotatable bonds is 6. The van der Waals surface area contributed by atoms with E-state index in [0.29, 0.717) is 4.88 Å². The van der Waals surface area contributed by atoms with Crippen molar-refractivity contribution in [2.75, 3.05) is 5.32 Å². The van der Waals surface area contributed by atoms with Gasteiger partial charge in [0.15, 0.2) is 0 Å².